The molecular weight excluding hydrogens is 196 g/mol. The van der Waals surface area contributed by atoms with Gasteiger partial charge >= 0.3 is 0 Å². The van der Waals surface area contributed by atoms with Crippen LogP contribution in [0.1, 0.15) is 37.4 Å². The fraction of sp³-hybridized carbons (Fsp3) is 0.643. The first kappa shape index (κ1) is 11.6. The zero-order valence-corrected chi connectivity index (χ0v) is 10.4. The molecule has 0 saturated heterocycles. The summed E-state index contributed by atoms with van der Waals surface area (Å²) in [4.78, 5) is 4.30. The van der Waals surface area contributed by atoms with Crippen LogP contribution < -0.4 is 5.32 Å². The van der Waals surface area contributed by atoms with Crippen molar-refractivity contribution >= 4 is 0 Å². The van der Waals surface area contributed by atoms with Crippen molar-refractivity contribution in [3.05, 3.63) is 29.6 Å². The van der Waals surface area contributed by atoms with E-state index in [-0.39, 0.29) is 0 Å². The summed E-state index contributed by atoms with van der Waals surface area (Å²) >= 11 is 0. The smallest absolute Gasteiger partial charge is 0.0372 e. The molecule has 1 aromatic rings. The summed E-state index contributed by atoms with van der Waals surface area (Å²) in [5.74, 6) is 1.83. The molecule has 0 aliphatic heterocycles. The zero-order valence-electron chi connectivity index (χ0n) is 10.4. The standard InChI is InChI=1S/C14H22N2/c1-11-3-5-13(7-11)8-15-9-14-6-4-12(2)16-10-14/h4,6,10-11,13,15H,3,5,7-9H2,1-2H3. The number of hydrogen-bond donors (Lipinski definition) is 1. The molecule has 1 saturated carbocycles. The van der Waals surface area contributed by atoms with E-state index in [1.807, 2.05) is 13.1 Å². The number of aryl methyl sites for hydroxylation is 1. The molecule has 1 N–H and O–H groups in total. The van der Waals surface area contributed by atoms with Crippen molar-refractivity contribution in [1.29, 1.82) is 0 Å². The maximum Gasteiger partial charge on any atom is 0.0372 e. The van der Waals surface area contributed by atoms with Crippen LogP contribution in [0.3, 0.4) is 0 Å². The topological polar surface area (TPSA) is 24.9 Å². The highest BCUT2D eigenvalue weighted by Gasteiger charge is 2.20. The van der Waals surface area contributed by atoms with Gasteiger partial charge in [-0.05, 0) is 49.8 Å². The van der Waals surface area contributed by atoms with Gasteiger partial charge in [0.2, 0.25) is 0 Å². The van der Waals surface area contributed by atoms with E-state index in [2.05, 4.69) is 29.4 Å². The Labute approximate surface area is 98.5 Å². The van der Waals surface area contributed by atoms with Gasteiger partial charge in [-0.2, -0.15) is 0 Å². The van der Waals surface area contributed by atoms with E-state index in [4.69, 9.17) is 0 Å². The van der Waals surface area contributed by atoms with Crippen molar-refractivity contribution in [2.75, 3.05) is 6.54 Å². The summed E-state index contributed by atoms with van der Waals surface area (Å²) in [6.07, 6.45) is 6.19. The summed E-state index contributed by atoms with van der Waals surface area (Å²) in [6.45, 7) is 6.51. The van der Waals surface area contributed by atoms with Crippen LogP contribution in [0, 0.1) is 18.8 Å². The van der Waals surface area contributed by atoms with E-state index < -0.39 is 0 Å². The Morgan fingerprint density at radius 1 is 1.38 bits per heavy atom. The summed E-state index contributed by atoms with van der Waals surface area (Å²) < 4.78 is 0. The first-order valence-corrected chi connectivity index (χ1v) is 6.36. The molecule has 2 atom stereocenters. The second-order valence-corrected chi connectivity index (χ2v) is 5.22. The molecule has 2 rings (SSSR count). The van der Waals surface area contributed by atoms with Crippen LogP contribution in [0.5, 0.6) is 0 Å². The lowest BCUT2D eigenvalue weighted by atomic mass is 10.1. The fourth-order valence-electron chi connectivity index (χ4n) is 2.53. The van der Waals surface area contributed by atoms with Crippen LogP contribution >= 0.6 is 0 Å². The summed E-state index contributed by atoms with van der Waals surface area (Å²) in [5.41, 5.74) is 2.38. The number of nitrogens with one attached hydrogen (secondary N) is 1. The number of rotatable bonds is 4. The third-order valence-corrected chi connectivity index (χ3v) is 3.54. The number of nitrogens with zero attached hydrogens (tertiary/aromatic N) is 1. The Morgan fingerprint density at radius 2 is 2.25 bits per heavy atom. The molecule has 88 valence electrons. The second-order valence-electron chi connectivity index (χ2n) is 5.22. The summed E-state index contributed by atoms with van der Waals surface area (Å²) in [5, 5.41) is 3.54. The minimum atomic E-state index is 0.897. The monoisotopic (exact) mass is 218 g/mol. The van der Waals surface area contributed by atoms with Crippen molar-refractivity contribution in [2.45, 2.75) is 39.7 Å². The van der Waals surface area contributed by atoms with Gasteiger partial charge in [-0.15, -0.1) is 0 Å². The van der Waals surface area contributed by atoms with Crippen molar-refractivity contribution in [2.24, 2.45) is 11.8 Å². The lowest BCUT2D eigenvalue weighted by Gasteiger charge is -2.10. The summed E-state index contributed by atoms with van der Waals surface area (Å²) in [6, 6.07) is 4.24. The van der Waals surface area contributed by atoms with Crippen molar-refractivity contribution in [1.82, 2.24) is 10.3 Å². The van der Waals surface area contributed by atoms with Gasteiger partial charge in [0, 0.05) is 18.4 Å². The van der Waals surface area contributed by atoms with Crippen LogP contribution in [0.25, 0.3) is 0 Å². The molecule has 0 bridgehead atoms. The lowest BCUT2D eigenvalue weighted by molar-refractivity contribution is 0.470. The highest BCUT2D eigenvalue weighted by molar-refractivity contribution is 5.12. The maximum atomic E-state index is 4.30. The zero-order chi connectivity index (χ0) is 11.4. The Bertz CT molecular complexity index is 318. The number of aromatic nitrogens is 1. The average Bonchev–Trinajstić information content (AvgIpc) is 2.67. The third-order valence-electron chi connectivity index (χ3n) is 3.54. The van der Waals surface area contributed by atoms with Crippen molar-refractivity contribution in [3.63, 3.8) is 0 Å². The molecule has 0 spiro atoms. The predicted molar refractivity (Wildman–Crippen MR) is 67.2 cm³/mol. The molecule has 1 aromatic heterocycles. The highest BCUT2D eigenvalue weighted by atomic mass is 14.9. The third kappa shape index (κ3) is 3.31. The van der Waals surface area contributed by atoms with Gasteiger partial charge < -0.3 is 5.32 Å². The molecule has 2 unspecified atom stereocenters. The van der Waals surface area contributed by atoms with E-state index in [0.717, 1.165) is 30.6 Å². The highest BCUT2D eigenvalue weighted by Crippen LogP contribution is 2.29. The Hall–Kier alpha value is -0.890. The minimum absolute atomic E-state index is 0.897. The molecule has 0 aromatic carbocycles. The Morgan fingerprint density at radius 3 is 2.88 bits per heavy atom. The first-order chi connectivity index (χ1) is 7.74. The largest absolute Gasteiger partial charge is 0.312 e. The van der Waals surface area contributed by atoms with Crippen LogP contribution in [0.4, 0.5) is 0 Å². The molecule has 1 aliphatic rings. The normalized spacial score (nSPS) is 24.9. The quantitative estimate of drug-likeness (QED) is 0.840. The molecule has 2 heteroatoms. The van der Waals surface area contributed by atoms with E-state index in [9.17, 15) is 0 Å². The lowest BCUT2D eigenvalue weighted by Crippen LogP contribution is -2.21. The second kappa shape index (κ2) is 5.44. The van der Waals surface area contributed by atoms with E-state index in [1.165, 1.54) is 24.8 Å². The van der Waals surface area contributed by atoms with Gasteiger partial charge in [0.05, 0.1) is 0 Å². The van der Waals surface area contributed by atoms with Gasteiger partial charge in [-0.1, -0.05) is 19.4 Å². The maximum absolute atomic E-state index is 4.30. The van der Waals surface area contributed by atoms with Gasteiger partial charge in [0.15, 0.2) is 0 Å². The van der Waals surface area contributed by atoms with Crippen molar-refractivity contribution < 1.29 is 0 Å². The Kier molecular flexibility index (Phi) is 3.94. The molecule has 1 heterocycles. The number of pyridine rings is 1. The van der Waals surface area contributed by atoms with Crippen LogP contribution in [-0.4, -0.2) is 11.5 Å². The fourth-order valence-corrected chi connectivity index (χ4v) is 2.53. The van der Waals surface area contributed by atoms with Gasteiger partial charge in [0.1, 0.15) is 0 Å². The van der Waals surface area contributed by atoms with E-state index in [1.54, 1.807) is 0 Å². The SMILES string of the molecule is Cc1ccc(CNCC2CCC(C)C2)cn1. The molecule has 0 radical (unpaired) electrons. The first-order valence-electron chi connectivity index (χ1n) is 6.36. The Balaban J connectivity index is 1.70. The van der Waals surface area contributed by atoms with E-state index in [0.29, 0.717) is 0 Å². The van der Waals surface area contributed by atoms with Crippen LogP contribution in [0.2, 0.25) is 0 Å². The molecule has 1 aliphatic carbocycles. The molecule has 1 fully saturated rings. The van der Waals surface area contributed by atoms with Crippen LogP contribution in [-0.2, 0) is 6.54 Å². The molecular formula is C14H22N2. The van der Waals surface area contributed by atoms with Crippen molar-refractivity contribution in [3.8, 4) is 0 Å². The van der Waals surface area contributed by atoms with Gasteiger partial charge in [-0.25, -0.2) is 0 Å². The van der Waals surface area contributed by atoms with Crippen LogP contribution in [0.15, 0.2) is 18.3 Å². The van der Waals surface area contributed by atoms with E-state index >= 15 is 0 Å². The predicted octanol–water partition coefficient (Wildman–Crippen LogP) is 2.92. The minimum Gasteiger partial charge on any atom is -0.312 e. The molecule has 16 heavy (non-hydrogen) atoms. The van der Waals surface area contributed by atoms with Gasteiger partial charge in [0.25, 0.3) is 0 Å². The average molecular weight is 218 g/mol. The summed E-state index contributed by atoms with van der Waals surface area (Å²) in [7, 11) is 0. The number of hydrogen-bond acceptors (Lipinski definition) is 2. The molecule has 0 amide bonds. The molecule has 2 nitrogen and oxygen atoms in total. The van der Waals surface area contributed by atoms with Gasteiger partial charge in [-0.3, -0.25) is 4.98 Å².